The minimum absolute atomic E-state index is 1.23. The summed E-state index contributed by atoms with van der Waals surface area (Å²) in [6.45, 7) is 8.58. The van der Waals surface area contributed by atoms with Gasteiger partial charge in [-0.2, -0.15) is 22.2 Å². The molecule has 4 heteroatoms. The molecule has 0 unspecified atom stereocenters. The molecule has 106 valence electrons. The molecule has 0 amide bonds. The topological polar surface area (TPSA) is 0 Å². The van der Waals surface area contributed by atoms with E-state index >= 15 is 0 Å². The predicted molar refractivity (Wildman–Crippen MR) is 97.8 cm³/mol. The van der Waals surface area contributed by atoms with Gasteiger partial charge in [0.25, 0.3) is 0 Å². The Balaban J connectivity index is 2.29. The van der Waals surface area contributed by atoms with Crippen molar-refractivity contribution in [3.8, 4) is 11.1 Å². The lowest BCUT2D eigenvalue weighted by Gasteiger charge is -2.15. The van der Waals surface area contributed by atoms with E-state index in [1.807, 2.05) is 0 Å². The molecule has 20 heavy (non-hydrogen) atoms. The van der Waals surface area contributed by atoms with E-state index in [0.717, 1.165) is 0 Å². The first-order valence-electron chi connectivity index (χ1n) is 6.77. The summed E-state index contributed by atoms with van der Waals surface area (Å²) >= 11 is 12.9. The Morgan fingerprint density at radius 2 is 0.800 bits per heavy atom. The predicted octanol–water partition coefficient (Wildman–Crippen LogP) is 4.66. The number of hydrogen-bond acceptors (Lipinski definition) is 0. The van der Waals surface area contributed by atoms with Crippen molar-refractivity contribution in [2.75, 3.05) is 0 Å². The molecule has 0 atom stereocenters. The molecule has 0 bridgehead atoms. The van der Waals surface area contributed by atoms with Gasteiger partial charge in [0.2, 0.25) is 0 Å². The summed E-state index contributed by atoms with van der Waals surface area (Å²) < 4.78 is 0. The molecule has 0 saturated carbocycles. The summed E-state index contributed by atoms with van der Waals surface area (Å²) in [6, 6.07) is 17.3. The molecule has 0 heterocycles. The number of hydrogen-bond donors (Lipinski definition) is 0. The first-order valence-corrected chi connectivity index (χ1v) is 14.8. The molecule has 0 radical (unpaired) electrons. The Morgan fingerprint density at radius 3 is 1.00 bits per heavy atom. The maximum absolute atomic E-state index is 6.46. The van der Waals surface area contributed by atoms with Crippen molar-refractivity contribution in [1.82, 2.24) is 0 Å². The number of halogens is 2. The van der Waals surface area contributed by atoms with Gasteiger partial charge in [-0.15, -0.1) is 0 Å². The zero-order valence-corrected chi connectivity index (χ0v) is 15.9. The standard InChI is InChI=1S/C16H20Cl2Si2/c1-19(2,17)15-9-5-13(6-10-15)14-7-11-16(12-8-14)20(3,4)18/h5-12H,1-4H3. The van der Waals surface area contributed by atoms with Crippen LogP contribution in [0.25, 0.3) is 11.1 Å². The molecule has 0 aliphatic carbocycles. The minimum Gasteiger partial charge on any atom is -0.162 e. The summed E-state index contributed by atoms with van der Waals surface area (Å²) in [5.41, 5.74) is 2.45. The van der Waals surface area contributed by atoms with Crippen molar-refractivity contribution in [1.29, 1.82) is 0 Å². The summed E-state index contributed by atoms with van der Waals surface area (Å²) in [6.07, 6.45) is 0. The lowest BCUT2D eigenvalue weighted by atomic mass is 10.1. The fraction of sp³-hybridized carbons (Fsp3) is 0.250. The highest BCUT2D eigenvalue weighted by atomic mass is 35.6. The highest BCUT2D eigenvalue weighted by Gasteiger charge is 2.20. The van der Waals surface area contributed by atoms with Crippen LogP contribution in [-0.2, 0) is 0 Å². The van der Waals surface area contributed by atoms with E-state index in [-0.39, 0.29) is 0 Å². The summed E-state index contributed by atoms with van der Waals surface area (Å²) in [5.74, 6) is 0. The average Bonchev–Trinajstić information content (AvgIpc) is 2.37. The van der Waals surface area contributed by atoms with E-state index in [1.54, 1.807) is 0 Å². The molecule has 0 fully saturated rings. The van der Waals surface area contributed by atoms with Gasteiger partial charge in [-0.3, -0.25) is 0 Å². The molecule has 0 saturated heterocycles. The van der Waals surface area contributed by atoms with Crippen molar-refractivity contribution in [2.24, 2.45) is 0 Å². The van der Waals surface area contributed by atoms with Crippen molar-refractivity contribution < 1.29 is 0 Å². The van der Waals surface area contributed by atoms with Crippen molar-refractivity contribution in [3.05, 3.63) is 48.5 Å². The van der Waals surface area contributed by atoms with Crippen LogP contribution >= 0.6 is 22.2 Å². The molecular weight excluding hydrogens is 319 g/mol. The van der Waals surface area contributed by atoms with E-state index < -0.39 is 14.8 Å². The molecule has 0 spiro atoms. The Kier molecular flexibility index (Phi) is 4.50. The van der Waals surface area contributed by atoms with E-state index in [4.69, 9.17) is 22.2 Å². The van der Waals surface area contributed by atoms with Crippen molar-refractivity contribution in [3.63, 3.8) is 0 Å². The van der Waals surface area contributed by atoms with Gasteiger partial charge in [0, 0.05) is 0 Å². The van der Waals surface area contributed by atoms with Crippen LogP contribution in [-0.4, -0.2) is 14.8 Å². The quantitative estimate of drug-likeness (QED) is 0.564. The lowest BCUT2D eigenvalue weighted by Crippen LogP contribution is -2.35. The second kappa shape index (κ2) is 5.68. The Morgan fingerprint density at radius 1 is 0.550 bits per heavy atom. The van der Waals surface area contributed by atoms with Crippen molar-refractivity contribution >= 4 is 47.3 Å². The average molecular weight is 339 g/mol. The summed E-state index contributed by atoms with van der Waals surface area (Å²) in [4.78, 5) is 0. The van der Waals surface area contributed by atoms with Crippen LogP contribution in [0.3, 0.4) is 0 Å². The van der Waals surface area contributed by atoms with Crippen LogP contribution < -0.4 is 10.4 Å². The first-order chi connectivity index (χ1) is 9.18. The van der Waals surface area contributed by atoms with Gasteiger partial charge in [0.15, 0.2) is 14.8 Å². The zero-order chi connectivity index (χ0) is 15.0. The Hall–Kier alpha value is -0.546. The highest BCUT2D eigenvalue weighted by Crippen LogP contribution is 2.20. The van der Waals surface area contributed by atoms with Gasteiger partial charge in [-0.05, 0) is 21.5 Å². The van der Waals surface area contributed by atoms with Crippen LogP contribution in [0.2, 0.25) is 26.2 Å². The number of benzene rings is 2. The van der Waals surface area contributed by atoms with Crippen molar-refractivity contribution in [2.45, 2.75) is 26.2 Å². The smallest absolute Gasteiger partial charge is 0.162 e. The maximum atomic E-state index is 6.46. The fourth-order valence-corrected chi connectivity index (χ4v) is 4.79. The zero-order valence-electron chi connectivity index (χ0n) is 12.4. The first kappa shape index (κ1) is 15.8. The van der Waals surface area contributed by atoms with E-state index in [9.17, 15) is 0 Å². The molecule has 2 rings (SSSR count). The van der Waals surface area contributed by atoms with Crippen LogP contribution in [0.15, 0.2) is 48.5 Å². The van der Waals surface area contributed by atoms with E-state index in [2.05, 4.69) is 74.7 Å². The lowest BCUT2D eigenvalue weighted by molar-refractivity contribution is 1.64. The molecular formula is C16H20Cl2Si2. The maximum Gasteiger partial charge on any atom is 0.180 e. The summed E-state index contributed by atoms with van der Waals surface area (Å²) in [5, 5.41) is 2.54. The molecule has 0 nitrogen and oxygen atoms in total. The molecule has 2 aromatic carbocycles. The van der Waals surface area contributed by atoms with Crippen LogP contribution in [0.4, 0.5) is 0 Å². The molecule has 0 N–H and O–H groups in total. The second-order valence-electron chi connectivity index (χ2n) is 6.10. The largest absolute Gasteiger partial charge is 0.180 e. The molecule has 0 aliphatic heterocycles. The molecule has 2 aromatic rings. The van der Waals surface area contributed by atoms with Gasteiger partial charge in [-0.25, -0.2) is 0 Å². The third-order valence-corrected chi connectivity index (χ3v) is 8.20. The SMILES string of the molecule is C[Si](C)(Cl)c1ccc(-c2ccc([Si](C)(C)Cl)cc2)cc1. The van der Waals surface area contributed by atoms with Gasteiger partial charge in [0.05, 0.1) is 0 Å². The normalized spacial score (nSPS) is 12.5. The van der Waals surface area contributed by atoms with Gasteiger partial charge < -0.3 is 0 Å². The van der Waals surface area contributed by atoms with Crippen LogP contribution in [0, 0.1) is 0 Å². The van der Waals surface area contributed by atoms with Crippen LogP contribution in [0.5, 0.6) is 0 Å². The van der Waals surface area contributed by atoms with Gasteiger partial charge in [0.1, 0.15) is 0 Å². The minimum atomic E-state index is -1.73. The third kappa shape index (κ3) is 3.76. The number of rotatable bonds is 3. The monoisotopic (exact) mass is 338 g/mol. The van der Waals surface area contributed by atoms with Gasteiger partial charge >= 0.3 is 0 Å². The second-order valence-corrected chi connectivity index (χ2v) is 18.8. The third-order valence-electron chi connectivity index (χ3n) is 3.48. The highest BCUT2D eigenvalue weighted by molar-refractivity contribution is 7.26. The summed E-state index contributed by atoms with van der Waals surface area (Å²) in [7, 11) is -3.46. The van der Waals surface area contributed by atoms with E-state index in [1.165, 1.54) is 21.5 Å². The van der Waals surface area contributed by atoms with Crippen LogP contribution in [0.1, 0.15) is 0 Å². The Labute approximate surface area is 133 Å². The van der Waals surface area contributed by atoms with Gasteiger partial charge in [-0.1, -0.05) is 74.7 Å². The fourth-order valence-electron chi connectivity index (χ4n) is 2.12. The van der Waals surface area contributed by atoms with E-state index in [0.29, 0.717) is 0 Å². The Bertz CT molecular complexity index is 520. The molecule has 0 aromatic heterocycles. The molecule has 0 aliphatic rings.